The van der Waals surface area contributed by atoms with Gasteiger partial charge in [0.1, 0.15) is 0 Å². The molecule has 1 aromatic heterocycles. The summed E-state index contributed by atoms with van der Waals surface area (Å²) in [5.74, 6) is 0.00381. The molecule has 0 radical (unpaired) electrons. The van der Waals surface area contributed by atoms with E-state index in [1.807, 2.05) is 49.3 Å². The zero-order valence-electron chi connectivity index (χ0n) is 14.2. The van der Waals surface area contributed by atoms with Gasteiger partial charge in [-0.3, -0.25) is 9.59 Å². The van der Waals surface area contributed by atoms with Gasteiger partial charge in [-0.2, -0.15) is 5.10 Å². The van der Waals surface area contributed by atoms with E-state index in [1.54, 1.807) is 6.07 Å². The Balaban J connectivity index is 1.88. The average molecular weight is 328 g/mol. The van der Waals surface area contributed by atoms with Crippen LogP contribution in [0.15, 0.2) is 47.3 Å². The molecule has 0 aliphatic rings. The second-order valence-electron chi connectivity index (χ2n) is 5.90. The number of aryl methyl sites for hydroxylation is 1. The van der Waals surface area contributed by atoms with Crippen molar-refractivity contribution in [1.29, 1.82) is 0 Å². The van der Waals surface area contributed by atoms with Crippen molar-refractivity contribution in [2.75, 3.05) is 27.2 Å². The minimum Gasteiger partial charge on any atom is -0.355 e. The summed E-state index contributed by atoms with van der Waals surface area (Å²) < 4.78 is 1.43. The minimum absolute atomic E-state index is 0.00381. The van der Waals surface area contributed by atoms with Crippen molar-refractivity contribution in [3.05, 3.63) is 52.8 Å². The summed E-state index contributed by atoms with van der Waals surface area (Å²) in [5, 5.41) is 7.25. The van der Waals surface area contributed by atoms with Crippen LogP contribution in [-0.2, 0) is 11.3 Å². The Labute approximate surface area is 142 Å². The summed E-state index contributed by atoms with van der Waals surface area (Å²) in [6.07, 6.45) is 0.968. The highest BCUT2D eigenvalue weighted by molar-refractivity contribution is 5.75. The van der Waals surface area contributed by atoms with E-state index in [2.05, 4.69) is 10.4 Å². The third kappa shape index (κ3) is 5.62. The first-order valence-corrected chi connectivity index (χ1v) is 8.11. The molecule has 0 saturated carbocycles. The average Bonchev–Trinajstić information content (AvgIpc) is 2.57. The first kappa shape index (κ1) is 17.9. The van der Waals surface area contributed by atoms with Crippen LogP contribution in [0.2, 0.25) is 0 Å². The largest absolute Gasteiger partial charge is 0.355 e. The van der Waals surface area contributed by atoms with Crippen molar-refractivity contribution in [1.82, 2.24) is 20.0 Å². The van der Waals surface area contributed by atoms with Crippen LogP contribution in [0.25, 0.3) is 11.3 Å². The number of hydrogen-bond donors (Lipinski definition) is 1. The summed E-state index contributed by atoms with van der Waals surface area (Å²) in [4.78, 5) is 25.7. The molecule has 0 fully saturated rings. The van der Waals surface area contributed by atoms with Gasteiger partial charge in [0.05, 0.1) is 5.69 Å². The fourth-order valence-electron chi connectivity index (χ4n) is 2.27. The van der Waals surface area contributed by atoms with Gasteiger partial charge in [-0.15, -0.1) is 0 Å². The number of carbonyl (C=O) groups excluding carboxylic acids is 1. The van der Waals surface area contributed by atoms with Crippen LogP contribution in [0.4, 0.5) is 0 Å². The van der Waals surface area contributed by atoms with Crippen molar-refractivity contribution < 1.29 is 4.79 Å². The number of nitrogens with one attached hydrogen (secondary N) is 1. The summed E-state index contributed by atoms with van der Waals surface area (Å²) >= 11 is 0. The maximum atomic E-state index is 11.9. The summed E-state index contributed by atoms with van der Waals surface area (Å²) in [5.41, 5.74) is 1.57. The van der Waals surface area contributed by atoms with Crippen LogP contribution in [0.5, 0.6) is 0 Å². The number of likely N-dealkylation sites (N-methyl/N-ethyl adjacent to an activating group) is 1. The zero-order valence-corrected chi connectivity index (χ0v) is 14.2. The van der Waals surface area contributed by atoms with Crippen molar-refractivity contribution in [3.8, 4) is 11.3 Å². The van der Waals surface area contributed by atoms with E-state index < -0.39 is 0 Å². The number of aromatic nitrogens is 2. The van der Waals surface area contributed by atoms with Crippen LogP contribution in [-0.4, -0.2) is 47.8 Å². The lowest BCUT2D eigenvalue weighted by Crippen LogP contribution is -2.31. The van der Waals surface area contributed by atoms with Gasteiger partial charge in [0.25, 0.3) is 5.56 Å². The molecule has 0 saturated heterocycles. The Morgan fingerprint density at radius 1 is 1.17 bits per heavy atom. The third-order valence-electron chi connectivity index (χ3n) is 3.59. The quantitative estimate of drug-likeness (QED) is 0.795. The maximum Gasteiger partial charge on any atom is 0.266 e. The van der Waals surface area contributed by atoms with Gasteiger partial charge < -0.3 is 10.2 Å². The predicted octanol–water partition coefficient (Wildman–Crippen LogP) is 1.37. The predicted molar refractivity (Wildman–Crippen MR) is 94.7 cm³/mol. The first-order valence-electron chi connectivity index (χ1n) is 8.11. The van der Waals surface area contributed by atoms with Gasteiger partial charge in [0, 0.05) is 37.7 Å². The fourth-order valence-corrected chi connectivity index (χ4v) is 2.27. The monoisotopic (exact) mass is 328 g/mol. The lowest BCUT2D eigenvalue weighted by Gasteiger charge is -2.10. The van der Waals surface area contributed by atoms with Crippen molar-refractivity contribution in [3.63, 3.8) is 0 Å². The molecular weight excluding hydrogens is 304 g/mol. The highest BCUT2D eigenvalue weighted by Gasteiger charge is 2.05. The fraction of sp³-hybridized carbons (Fsp3) is 0.389. The second kappa shape index (κ2) is 8.98. The molecule has 1 aromatic carbocycles. The van der Waals surface area contributed by atoms with Crippen LogP contribution in [0.1, 0.15) is 12.8 Å². The maximum absolute atomic E-state index is 11.9. The second-order valence-corrected chi connectivity index (χ2v) is 5.90. The van der Waals surface area contributed by atoms with E-state index in [-0.39, 0.29) is 11.5 Å². The molecule has 1 heterocycles. The van der Waals surface area contributed by atoms with Crippen molar-refractivity contribution >= 4 is 5.91 Å². The molecule has 2 aromatic rings. The van der Waals surface area contributed by atoms with Gasteiger partial charge in [0.15, 0.2) is 0 Å². The first-order chi connectivity index (χ1) is 11.6. The van der Waals surface area contributed by atoms with E-state index in [9.17, 15) is 9.59 Å². The molecule has 0 spiro atoms. The summed E-state index contributed by atoms with van der Waals surface area (Å²) in [7, 11) is 3.92. The van der Waals surface area contributed by atoms with Crippen LogP contribution >= 0.6 is 0 Å². The Morgan fingerprint density at radius 3 is 2.62 bits per heavy atom. The Bertz CT molecular complexity index is 710. The van der Waals surface area contributed by atoms with E-state index in [0.29, 0.717) is 25.9 Å². The molecule has 6 heteroatoms. The molecule has 0 bridgehead atoms. The molecular formula is C18H24N4O2. The highest BCUT2D eigenvalue weighted by atomic mass is 16.1. The molecule has 1 amide bonds. The number of amides is 1. The lowest BCUT2D eigenvalue weighted by atomic mass is 10.1. The van der Waals surface area contributed by atoms with Gasteiger partial charge in [0.2, 0.25) is 5.91 Å². The third-order valence-corrected chi connectivity index (χ3v) is 3.59. The van der Waals surface area contributed by atoms with Crippen LogP contribution < -0.4 is 10.9 Å². The van der Waals surface area contributed by atoms with Crippen LogP contribution in [0.3, 0.4) is 0 Å². The zero-order chi connectivity index (χ0) is 17.4. The number of hydrogen-bond acceptors (Lipinski definition) is 4. The number of rotatable bonds is 8. The van der Waals surface area contributed by atoms with E-state index in [1.165, 1.54) is 10.7 Å². The normalized spacial score (nSPS) is 10.8. The smallest absolute Gasteiger partial charge is 0.266 e. The molecule has 1 N–H and O–H groups in total. The SMILES string of the molecule is CN(C)CCNC(=O)CCCn1nc(-c2ccccc2)ccc1=O. The highest BCUT2D eigenvalue weighted by Crippen LogP contribution is 2.14. The molecule has 24 heavy (non-hydrogen) atoms. The molecule has 0 aliphatic heterocycles. The van der Waals surface area contributed by atoms with Gasteiger partial charge in [-0.25, -0.2) is 4.68 Å². The Hall–Kier alpha value is -2.47. The molecule has 2 rings (SSSR count). The molecule has 6 nitrogen and oxygen atoms in total. The molecule has 128 valence electrons. The van der Waals surface area contributed by atoms with Gasteiger partial charge >= 0.3 is 0 Å². The molecule has 0 aliphatic carbocycles. The number of carbonyl (C=O) groups is 1. The Morgan fingerprint density at radius 2 is 1.92 bits per heavy atom. The van der Waals surface area contributed by atoms with Crippen LogP contribution in [0, 0.1) is 0 Å². The summed E-state index contributed by atoms with van der Waals surface area (Å²) in [6, 6.07) is 13.0. The molecule has 0 unspecified atom stereocenters. The summed E-state index contributed by atoms with van der Waals surface area (Å²) in [6.45, 7) is 1.88. The van der Waals surface area contributed by atoms with Crippen molar-refractivity contribution in [2.45, 2.75) is 19.4 Å². The lowest BCUT2D eigenvalue weighted by molar-refractivity contribution is -0.121. The Kier molecular flexibility index (Phi) is 6.69. The standard InChI is InChI=1S/C18H24N4O2/c1-21(2)14-12-19-17(23)9-6-13-22-18(24)11-10-16(20-22)15-7-4-3-5-8-15/h3-5,7-8,10-11H,6,9,12-14H2,1-2H3,(H,19,23). The number of benzene rings is 1. The number of nitrogens with zero attached hydrogens (tertiary/aromatic N) is 3. The topological polar surface area (TPSA) is 67.2 Å². The van der Waals surface area contributed by atoms with E-state index in [4.69, 9.17) is 0 Å². The van der Waals surface area contributed by atoms with E-state index in [0.717, 1.165) is 17.8 Å². The minimum atomic E-state index is -0.150. The molecule has 0 atom stereocenters. The van der Waals surface area contributed by atoms with E-state index >= 15 is 0 Å². The van der Waals surface area contributed by atoms with Gasteiger partial charge in [-0.05, 0) is 26.6 Å². The van der Waals surface area contributed by atoms with Crippen molar-refractivity contribution in [2.24, 2.45) is 0 Å². The van der Waals surface area contributed by atoms with Gasteiger partial charge in [-0.1, -0.05) is 30.3 Å².